The molecule has 0 aliphatic rings. The van der Waals surface area contributed by atoms with Gasteiger partial charge in [0, 0.05) is 0 Å². The van der Waals surface area contributed by atoms with Crippen molar-refractivity contribution in [1.82, 2.24) is 0 Å². The van der Waals surface area contributed by atoms with Gasteiger partial charge in [-0.2, -0.15) is 0 Å². The predicted octanol–water partition coefficient (Wildman–Crippen LogP) is 4.37. The van der Waals surface area contributed by atoms with Crippen LogP contribution in [0.5, 0.6) is 17.2 Å². The van der Waals surface area contributed by atoms with Crippen molar-refractivity contribution in [2.75, 3.05) is 7.11 Å². The molecule has 3 nitrogen and oxygen atoms in total. The average Bonchev–Trinajstić information content (AvgIpc) is 2.42. The Balaban J connectivity index is 2.33. The number of hydrogen-bond donors (Lipinski definition) is 0. The molecule has 0 saturated heterocycles. The van der Waals surface area contributed by atoms with E-state index >= 15 is 0 Å². The Morgan fingerprint density at radius 3 is 2.47 bits per heavy atom. The summed E-state index contributed by atoms with van der Waals surface area (Å²) in [6.45, 7) is 1.93. The van der Waals surface area contributed by atoms with Crippen LogP contribution in [0.3, 0.4) is 0 Å². The number of carbonyl (C=O) groups is 1. The van der Waals surface area contributed by atoms with Gasteiger partial charge in [0.1, 0.15) is 17.2 Å². The molecule has 19 heavy (non-hydrogen) atoms. The van der Waals surface area contributed by atoms with Crippen LogP contribution in [0.25, 0.3) is 0 Å². The molecule has 0 radical (unpaired) electrons. The third-order valence-electron chi connectivity index (χ3n) is 2.65. The van der Waals surface area contributed by atoms with Crippen LogP contribution in [0.15, 0.2) is 40.9 Å². The van der Waals surface area contributed by atoms with E-state index in [1.54, 1.807) is 31.4 Å². The lowest BCUT2D eigenvalue weighted by Crippen LogP contribution is -1.92. The molecule has 0 spiro atoms. The first-order valence-electron chi connectivity index (χ1n) is 5.71. The predicted molar refractivity (Wildman–Crippen MR) is 77.3 cm³/mol. The molecular formula is C15H13BrO3. The summed E-state index contributed by atoms with van der Waals surface area (Å²) in [5.74, 6) is 1.90. The van der Waals surface area contributed by atoms with E-state index in [0.29, 0.717) is 17.1 Å². The van der Waals surface area contributed by atoms with Crippen LogP contribution in [0.1, 0.15) is 15.9 Å². The Hall–Kier alpha value is -1.81. The van der Waals surface area contributed by atoms with Crippen LogP contribution in [0, 0.1) is 6.92 Å². The molecule has 2 aromatic carbocycles. The van der Waals surface area contributed by atoms with E-state index in [9.17, 15) is 4.79 Å². The maximum absolute atomic E-state index is 11.0. The van der Waals surface area contributed by atoms with Gasteiger partial charge in [0.05, 0.1) is 17.1 Å². The molecule has 0 amide bonds. The molecule has 0 aromatic heterocycles. The first-order valence-corrected chi connectivity index (χ1v) is 6.50. The standard InChI is InChI=1S/C15H13BrO3/c1-10-3-5-14(11(7-10)9-17)19-15-6-4-12(18-2)8-13(15)16/h3-9H,1-2H3. The molecule has 0 aliphatic carbocycles. The maximum Gasteiger partial charge on any atom is 0.153 e. The van der Waals surface area contributed by atoms with Crippen LogP contribution in [-0.4, -0.2) is 13.4 Å². The topological polar surface area (TPSA) is 35.5 Å². The molecule has 0 unspecified atom stereocenters. The number of benzene rings is 2. The zero-order valence-electron chi connectivity index (χ0n) is 10.6. The molecule has 0 bridgehead atoms. The number of methoxy groups -OCH3 is 1. The molecule has 0 N–H and O–H groups in total. The summed E-state index contributed by atoms with van der Waals surface area (Å²) in [6.07, 6.45) is 0.791. The SMILES string of the molecule is COc1ccc(Oc2ccc(C)cc2C=O)c(Br)c1. The average molecular weight is 321 g/mol. The van der Waals surface area contributed by atoms with E-state index in [-0.39, 0.29) is 0 Å². The van der Waals surface area contributed by atoms with Gasteiger partial charge in [-0.05, 0) is 53.2 Å². The monoisotopic (exact) mass is 320 g/mol. The smallest absolute Gasteiger partial charge is 0.153 e. The van der Waals surface area contributed by atoms with Gasteiger partial charge in [0.15, 0.2) is 6.29 Å². The highest BCUT2D eigenvalue weighted by molar-refractivity contribution is 9.10. The van der Waals surface area contributed by atoms with Gasteiger partial charge in [-0.1, -0.05) is 11.6 Å². The van der Waals surface area contributed by atoms with Gasteiger partial charge in [0.2, 0.25) is 0 Å². The highest BCUT2D eigenvalue weighted by Gasteiger charge is 2.08. The number of ether oxygens (including phenoxy) is 2. The second kappa shape index (κ2) is 5.89. The van der Waals surface area contributed by atoms with Crippen molar-refractivity contribution in [3.05, 3.63) is 52.0 Å². The fourth-order valence-electron chi connectivity index (χ4n) is 1.66. The molecule has 4 heteroatoms. The lowest BCUT2D eigenvalue weighted by atomic mass is 10.1. The minimum atomic E-state index is 0.530. The molecule has 2 rings (SSSR count). The minimum Gasteiger partial charge on any atom is -0.497 e. The van der Waals surface area contributed by atoms with Crippen molar-refractivity contribution in [2.45, 2.75) is 6.92 Å². The van der Waals surface area contributed by atoms with E-state index in [4.69, 9.17) is 9.47 Å². The van der Waals surface area contributed by atoms with Crippen molar-refractivity contribution in [3.63, 3.8) is 0 Å². The molecule has 0 saturated carbocycles. The van der Waals surface area contributed by atoms with E-state index in [0.717, 1.165) is 22.1 Å². The van der Waals surface area contributed by atoms with Crippen LogP contribution in [0.4, 0.5) is 0 Å². The van der Waals surface area contributed by atoms with Crippen LogP contribution in [0.2, 0.25) is 0 Å². The summed E-state index contributed by atoms with van der Waals surface area (Å²) >= 11 is 3.41. The normalized spacial score (nSPS) is 10.1. The largest absolute Gasteiger partial charge is 0.497 e. The summed E-state index contributed by atoms with van der Waals surface area (Å²) in [5.41, 5.74) is 1.55. The number of hydrogen-bond acceptors (Lipinski definition) is 3. The van der Waals surface area contributed by atoms with Gasteiger partial charge in [-0.15, -0.1) is 0 Å². The van der Waals surface area contributed by atoms with E-state index in [1.165, 1.54) is 0 Å². The lowest BCUT2D eigenvalue weighted by molar-refractivity contribution is 0.112. The Labute approximate surface area is 120 Å². The second-order valence-corrected chi connectivity index (χ2v) is 4.91. The van der Waals surface area contributed by atoms with E-state index in [2.05, 4.69) is 15.9 Å². The minimum absolute atomic E-state index is 0.530. The summed E-state index contributed by atoms with van der Waals surface area (Å²) in [4.78, 5) is 11.0. The molecule has 0 aliphatic heterocycles. The Morgan fingerprint density at radius 2 is 1.84 bits per heavy atom. The molecular weight excluding hydrogens is 308 g/mol. The first-order chi connectivity index (χ1) is 9.13. The first kappa shape index (κ1) is 13.6. The van der Waals surface area contributed by atoms with Crippen LogP contribution >= 0.6 is 15.9 Å². The zero-order valence-corrected chi connectivity index (χ0v) is 12.2. The van der Waals surface area contributed by atoms with Crippen molar-refractivity contribution in [2.24, 2.45) is 0 Å². The summed E-state index contributed by atoms with van der Waals surface area (Å²) in [6, 6.07) is 10.9. The van der Waals surface area contributed by atoms with Crippen LogP contribution < -0.4 is 9.47 Å². The fraction of sp³-hybridized carbons (Fsp3) is 0.133. The fourth-order valence-corrected chi connectivity index (χ4v) is 2.10. The number of aryl methyl sites for hydroxylation is 1. The van der Waals surface area contributed by atoms with Crippen molar-refractivity contribution in [3.8, 4) is 17.2 Å². The number of carbonyl (C=O) groups excluding carboxylic acids is 1. The van der Waals surface area contributed by atoms with Gasteiger partial charge < -0.3 is 9.47 Å². The van der Waals surface area contributed by atoms with Gasteiger partial charge in [0.25, 0.3) is 0 Å². The summed E-state index contributed by atoms with van der Waals surface area (Å²) < 4.78 is 11.6. The zero-order chi connectivity index (χ0) is 13.8. The second-order valence-electron chi connectivity index (χ2n) is 4.06. The third kappa shape index (κ3) is 3.15. The van der Waals surface area contributed by atoms with Gasteiger partial charge >= 0.3 is 0 Å². The Kier molecular flexibility index (Phi) is 4.22. The number of aldehydes is 1. The van der Waals surface area contributed by atoms with Crippen LogP contribution in [-0.2, 0) is 0 Å². The summed E-state index contributed by atoms with van der Waals surface area (Å²) in [5, 5.41) is 0. The van der Waals surface area contributed by atoms with Crippen molar-refractivity contribution >= 4 is 22.2 Å². The van der Waals surface area contributed by atoms with E-state index in [1.807, 2.05) is 19.1 Å². The third-order valence-corrected chi connectivity index (χ3v) is 3.27. The molecule has 98 valence electrons. The molecule has 0 heterocycles. The van der Waals surface area contributed by atoms with E-state index < -0.39 is 0 Å². The highest BCUT2D eigenvalue weighted by Crippen LogP contribution is 2.33. The number of rotatable bonds is 4. The maximum atomic E-state index is 11.0. The Bertz CT molecular complexity index is 608. The number of halogens is 1. The quantitative estimate of drug-likeness (QED) is 0.785. The van der Waals surface area contributed by atoms with Crippen molar-refractivity contribution in [1.29, 1.82) is 0 Å². The highest BCUT2D eigenvalue weighted by atomic mass is 79.9. The van der Waals surface area contributed by atoms with Gasteiger partial charge in [-0.3, -0.25) is 4.79 Å². The van der Waals surface area contributed by atoms with Crippen molar-refractivity contribution < 1.29 is 14.3 Å². The lowest BCUT2D eigenvalue weighted by Gasteiger charge is -2.11. The molecule has 2 aromatic rings. The Morgan fingerprint density at radius 1 is 1.11 bits per heavy atom. The molecule has 0 fully saturated rings. The summed E-state index contributed by atoms with van der Waals surface area (Å²) in [7, 11) is 1.60. The molecule has 0 atom stereocenters. The van der Waals surface area contributed by atoms with Gasteiger partial charge in [-0.25, -0.2) is 0 Å².